The molecule has 0 atom stereocenters. The predicted molar refractivity (Wildman–Crippen MR) is 75.3 cm³/mol. The van der Waals surface area contributed by atoms with Crippen molar-refractivity contribution in [1.29, 1.82) is 0 Å². The summed E-state index contributed by atoms with van der Waals surface area (Å²) in [6, 6.07) is 8.87. The van der Waals surface area contributed by atoms with Crippen LogP contribution in [-0.2, 0) is 13.1 Å². The number of fused-ring (bicyclic) bond motifs is 1. The quantitative estimate of drug-likeness (QED) is 0.746. The molecule has 2 heteroatoms. The van der Waals surface area contributed by atoms with E-state index in [0.717, 1.165) is 6.54 Å². The highest BCUT2D eigenvalue weighted by Crippen LogP contribution is 2.20. The summed E-state index contributed by atoms with van der Waals surface area (Å²) in [7, 11) is 0. The van der Waals surface area contributed by atoms with Gasteiger partial charge in [-0.2, -0.15) is 0 Å². The number of hydrogen-bond acceptors (Lipinski definition) is 1. The van der Waals surface area contributed by atoms with Crippen molar-refractivity contribution in [2.45, 2.75) is 25.9 Å². The summed E-state index contributed by atoms with van der Waals surface area (Å²) < 4.78 is 2.12. The molecule has 2 heterocycles. The molecule has 92 valence electrons. The number of likely N-dealkylation sites (tertiary alicyclic amines) is 1. The van der Waals surface area contributed by atoms with Crippen LogP contribution in [-0.4, -0.2) is 22.6 Å². The van der Waals surface area contributed by atoms with E-state index in [1.54, 1.807) is 0 Å². The summed E-state index contributed by atoms with van der Waals surface area (Å²) in [4.78, 5) is 2.53. The summed E-state index contributed by atoms with van der Waals surface area (Å²) >= 11 is 0. The first-order valence-electron chi connectivity index (χ1n) is 6.60. The Hall–Kier alpha value is -1.72. The minimum absolute atomic E-state index is 0.648. The third kappa shape index (κ3) is 2.14. The fourth-order valence-electron chi connectivity index (χ4n) is 2.78. The van der Waals surface area contributed by atoms with E-state index in [1.165, 1.54) is 42.4 Å². The van der Waals surface area contributed by atoms with E-state index in [9.17, 15) is 0 Å². The molecule has 0 unspecified atom stereocenters. The highest BCUT2D eigenvalue weighted by Gasteiger charge is 2.12. The zero-order chi connectivity index (χ0) is 12.4. The minimum atomic E-state index is 0.648. The van der Waals surface area contributed by atoms with Gasteiger partial charge in [0, 0.05) is 18.3 Å². The van der Waals surface area contributed by atoms with E-state index in [1.807, 2.05) is 0 Å². The van der Waals surface area contributed by atoms with E-state index >= 15 is 0 Å². The standard InChI is InChI=1S/C16H18N2/c1-2-8-18-11-7-15-12-14(5-6-16(15)18)13-17-9-3-4-10-17/h1,5-7,11-12H,3-4,8-10,13H2. The van der Waals surface area contributed by atoms with E-state index in [-0.39, 0.29) is 0 Å². The van der Waals surface area contributed by atoms with Gasteiger partial charge in [0.1, 0.15) is 0 Å². The second kappa shape index (κ2) is 4.88. The van der Waals surface area contributed by atoms with Gasteiger partial charge in [-0.05, 0) is 55.1 Å². The van der Waals surface area contributed by atoms with Gasteiger partial charge in [-0.25, -0.2) is 0 Å². The first-order chi connectivity index (χ1) is 8.86. The topological polar surface area (TPSA) is 8.17 Å². The molecule has 0 aliphatic carbocycles. The van der Waals surface area contributed by atoms with Crippen LogP contribution in [0.2, 0.25) is 0 Å². The molecule has 3 rings (SSSR count). The van der Waals surface area contributed by atoms with Gasteiger partial charge in [0.2, 0.25) is 0 Å². The largest absolute Gasteiger partial charge is 0.336 e. The smallest absolute Gasteiger partial charge is 0.0834 e. The molecule has 0 N–H and O–H groups in total. The zero-order valence-electron chi connectivity index (χ0n) is 10.6. The minimum Gasteiger partial charge on any atom is -0.336 e. The second-order valence-corrected chi connectivity index (χ2v) is 5.02. The van der Waals surface area contributed by atoms with E-state index in [0.29, 0.717) is 6.54 Å². The highest BCUT2D eigenvalue weighted by molar-refractivity contribution is 5.81. The summed E-state index contributed by atoms with van der Waals surface area (Å²) in [5, 5.41) is 1.29. The van der Waals surface area contributed by atoms with Gasteiger partial charge in [0.25, 0.3) is 0 Å². The molecule has 0 spiro atoms. The molecular formula is C16H18N2. The van der Waals surface area contributed by atoms with E-state index in [4.69, 9.17) is 6.42 Å². The van der Waals surface area contributed by atoms with Crippen LogP contribution in [0, 0.1) is 12.3 Å². The van der Waals surface area contributed by atoms with Crippen LogP contribution < -0.4 is 0 Å². The Kier molecular flexibility index (Phi) is 3.08. The number of nitrogens with zero attached hydrogens (tertiary/aromatic N) is 2. The van der Waals surface area contributed by atoms with E-state index < -0.39 is 0 Å². The van der Waals surface area contributed by atoms with Crippen molar-refractivity contribution in [1.82, 2.24) is 9.47 Å². The number of hydrogen-bond donors (Lipinski definition) is 0. The van der Waals surface area contributed by atoms with Crippen molar-refractivity contribution in [3.8, 4) is 12.3 Å². The van der Waals surface area contributed by atoms with Crippen molar-refractivity contribution < 1.29 is 0 Å². The maximum atomic E-state index is 5.37. The number of benzene rings is 1. The average Bonchev–Trinajstić information content (AvgIpc) is 3.00. The molecule has 0 radical (unpaired) electrons. The lowest BCUT2D eigenvalue weighted by Gasteiger charge is -2.14. The Labute approximate surface area is 108 Å². The van der Waals surface area contributed by atoms with Gasteiger partial charge in [0.05, 0.1) is 6.54 Å². The Bertz CT molecular complexity index is 583. The molecule has 1 aromatic heterocycles. The normalized spacial score (nSPS) is 16.2. The Balaban J connectivity index is 1.85. The monoisotopic (exact) mass is 238 g/mol. The van der Waals surface area contributed by atoms with Crippen molar-refractivity contribution in [2.75, 3.05) is 13.1 Å². The molecule has 1 fully saturated rings. The highest BCUT2D eigenvalue weighted by atomic mass is 15.1. The molecular weight excluding hydrogens is 220 g/mol. The van der Waals surface area contributed by atoms with Gasteiger partial charge >= 0.3 is 0 Å². The Morgan fingerprint density at radius 1 is 1.17 bits per heavy atom. The summed E-state index contributed by atoms with van der Waals surface area (Å²) in [5.74, 6) is 2.69. The average molecular weight is 238 g/mol. The third-order valence-corrected chi connectivity index (χ3v) is 3.70. The fourth-order valence-corrected chi connectivity index (χ4v) is 2.78. The maximum Gasteiger partial charge on any atom is 0.0834 e. The molecule has 1 aliphatic rings. The van der Waals surface area contributed by atoms with Crippen LogP contribution in [0.15, 0.2) is 30.5 Å². The van der Waals surface area contributed by atoms with Gasteiger partial charge < -0.3 is 4.57 Å². The van der Waals surface area contributed by atoms with Crippen molar-refractivity contribution in [3.05, 3.63) is 36.0 Å². The molecule has 1 aliphatic heterocycles. The lowest BCUT2D eigenvalue weighted by molar-refractivity contribution is 0.331. The van der Waals surface area contributed by atoms with E-state index in [2.05, 4.69) is 45.8 Å². The van der Waals surface area contributed by atoms with Gasteiger partial charge in [0.15, 0.2) is 0 Å². The molecule has 18 heavy (non-hydrogen) atoms. The maximum absolute atomic E-state index is 5.37. The molecule has 0 bridgehead atoms. The number of aromatic nitrogens is 1. The van der Waals surface area contributed by atoms with Crippen LogP contribution in [0.5, 0.6) is 0 Å². The zero-order valence-corrected chi connectivity index (χ0v) is 10.6. The summed E-state index contributed by atoms with van der Waals surface area (Å²) in [6.45, 7) is 4.22. The van der Waals surface area contributed by atoms with Crippen molar-refractivity contribution in [2.24, 2.45) is 0 Å². The lowest BCUT2D eigenvalue weighted by Crippen LogP contribution is -2.18. The number of rotatable bonds is 3. The predicted octanol–water partition coefficient (Wildman–Crippen LogP) is 2.87. The van der Waals surface area contributed by atoms with Crippen LogP contribution >= 0.6 is 0 Å². The lowest BCUT2D eigenvalue weighted by atomic mass is 10.1. The first kappa shape index (κ1) is 11.4. The van der Waals surface area contributed by atoms with Crippen LogP contribution in [0.3, 0.4) is 0 Å². The Morgan fingerprint density at radius 2 is 2.00 bits per heavy atom. The Morgan fingerprint density at radius 3 is 2.78 bits per heavy atom. The van der Waals surface area contributed by atoms with Crippen LogP contribution in [0.4, 0.5) is 0 Å². The van der Waals surface area contributed by atoms with Crippen LogP contribution in [0.25, 0.3) is 10.9 Å². The second-order valence-electron chi connectivity index (χ2n) is 5.02. The van der Waals surface area contributed by atoms with Gasteiger partial charge in [-0.1, -0.05) is 12.0 Å². The first-order valence-corrected chi connectivity index (χ1v) is 6.60. The molecule has 2 aromatic rings. The molecule has 0 saturated carbocycles. The molecule has 1 aromatic carbocycles. The number of terminal acetylenes is 1. The fraction of sp³-hybridized carbons (Fsp3) is 0.375. The van der Waals surface area contributed by atoms with Crippen molar-refractivity contribution in [3.63, 3.8) is 0 Å². The van der Waals surface area contributed by atoms with Gasteiger partial charge in [-0.3, -0.25) is 4.90 Å². The molecule has 0 amide bonds. The summed E-state index contributed by atoms with van der Waals surface area (Å²) in [6.07, 6.45) is 10.1. The van der Waals surface area contributed by atoms with Gasteiger partial charge in [-0.15, -0.1) is 6.42 Å². The SMILES string of the molecule is C#CCn1ccc2cc(CN3CCCC3)ccc21. The van der Waals surface area contributed by atoms with Crippen LogP contribution in [0.1, 0.15) is 18.4 Å². The summed E-state index contributed by atoms with van der Waals surface area (Å²) in [5.41, 5.74) is 2.64. The molecule has 2 nitrogen and oxygen atoms in total. The van der Waals surface area contributed by atoms with Crippen molar-refractivity contribution >= 4 is 10.9 Å². The molecule has 1 saturated heterocycles. The third-order valence-electron chi connectivity index (χ3n) is 3.70.